The molecule has 0 aliphatic carbocycles. The Kier molecular flexibility index (Phi) is 3.47. The highest BCUT2D eigenvalue weighted by atomic mass is 16.5. The Bertz CT molecular complexity index is 274. The molecule has 0 unspecified atom stereocenters. The molecule has 1 aromatic rings. The molecule has 0 atom stereocenters. The van der Waals surface area contributed by atoms with Gasteiger partial charge in [0.05, 0.1) is 12.8 Å². The van der Waals surface area contributed by atoms with Crippen molar-refractivity contribution in [3.63, 3.8) is 0 Å². The Balaban J connectivity index is 2.69. The third-order valence-electron chi connectivity index (χ3n) is 1.86. The van der Waals surface area contributed by atoms with E-state index in [1.54, 1.807) is 6.20 Å². The highest BCUT2D eigenvalue weighted by Gasteiger charge is 2.14. The van der Waals surface area contributed by atoms with E-state index in [0.717, 1.165) is 5.69 Å². The van der Waals surface area contributed by atoms with Crippen LogP contribution in [0, 0.1) is 0 Å². The van der Waals surface area contributed by atoms with Gasteiger partial charge in [-0.1, -0.05) is 20.8 Å². The van der Waals surface area contributed by atoms with E-state index in [1.165, 1.54) is 0 Å². The normalized spacial score (nSPS) is 11.4. The molecule has 0 bridgehead atoms. The Labute approximate surface area is 84.7 Å². The molecule has 0 fully saturated rings. The van der Waals surface area contributed by atoms with Crippen LogP contribution in [0.1, 0.15) is 26.5 Å². The Morgan fingerprint density at radius 3 is 2.50 bits per heavy atom. The largest absolute Gasteiger partial charge is 0.490 e. The summed E-state index contributed by atoms with van der Waals surface area (Å²) < 4.78 is 5.21. The van der Waals surface area contributed by atoms with Gasteiger partial charge in [-0.3, -0.25) is 4.98 Å². The van der Waals surface area contributed by atoms with Gasteiger partial charge in [0, 0.05) is 11.1 Å². The summed E-state index contributed by atoms with van der Waals surface area (Å²) in [6.45, 7) is 6.69. The predicted molar refractivity (Wildman–Crippen MR) is 55.5 cm³/mol. The lowest BCUT2D eigenvalue weighted by molar-refractivity contribution is 0.201. The standard InChI is InChI=1S/C11H17NO2/c1-11(2,3)10-5-4-9(8-12-10)14-7-6-13/h4-5,8,13H,6-7H2,1-3H3. The Hall–Kier alpha value is -1.09. The van der Waals surface area contributed by atoms with Gasteiger partial charge < -0.3 is 9.84 Å². The molecule has 0 amide bonds. The monoisotopic (exact) mass is 195 g/mol. The van der Waals surface area contributed by atoms with E-state index in [2.05, 4.69) is 25.8 Å². The maximum atomic E-state index is 8.57. The van der Waals surface area contributed by atoms with Gasteiger partial charge in [-0.05, 0) is 12.1 Å². The molecule has 3 heteroatoms. The summed E-state index contributed by atoms with van der Waals surface area (Å²) in [4.78, 5) is 4.30. The molecule has 1 rings (SSSR count). The molecule has 0 aromatic carbocycles. The van der Waals surface area contributed by atoms with Crippen LogP contribution in [0.2, 0.25) is 0 Å². The van der Waals surface area contributed by atoms with E-state index >= 15 is 0 Å². The van der Waals surface area contributed by atoms with Crippen molar-refractivity contribution in [2.75, 3.05) is 13.2 Å². The Morgan fingerprint density at radius 1 is 1.36 bits per heavy atom. The Morgan fingerprint density at radius 2 is 2.07 bits per heavy atom. The van der Waals surface area contributed by atoms with Gasteiger partial charge in [0.1, 0.15) is 12.4 Å². The van der Waals surface area contributed by atoms with Crippen LogP contribution in [0.4, 0.5) is 0 Å². The average Bonchev–Trinajstić information content (AvgIpc) is 2.14. The fourth-order valence-electron chi connectivity index (χ4n) is 1.07. The van der Waals surface area contributed by atoms with Crippen molar-refractivity contribution in [3.05, 3.63) is 24.0 Å². The van der Waals surface area contributed by atoms with Crippen LogP contribution in [0.5, 0.6) is 5.75 Å². The molecular weight excluding hydrogens is 178 g/mol. The molecular formula is C11H17NO2. The first-order chi connectivity index (χ1) is 6.54. The summed E-state index contributed by atoms with van der Waals surface area (Å²) >= 11 is 0. The van der Waals surface area contributed by atoms with Crippen LogP contribution >= 0.6 is 0 Å². The second-order valence-corrected chi connectivity index (χ2v) is 4.20. The molecule has 0 saturated carbocycles. The van der Waals surface area contributed by atoms with E-state index < -0.39 is 0 Å². The fraction of sp³-hybridized carbons (Fsp3) is 0.545. The predicted octanol–water partition coefficient (Wildman–Crippen LogP) is 1.75. The second-order valence-electron chi connectivity index (χ2n) is 4.20. The minimum Gasteiger partial charge on any atom is -0.490 e. The molecule has 1 aromatic heterocycles. The zero-order chi connectivity index (χ0) is 10.6. The van der Waals surface area contributed by atoms with Gasteiger partial charge in [0.2, 0.25) is 0 Å². The van der Waals surface area contributed by atoms with E-state index in [9.17, 15) is 0 Å². The molecule has 0 aliphatic heterocycles. The summed E-state index contributed by atoms with van der Waals surface area (Å²) in [5.74, 6) is 0.701. The van der Waals surface area contributed by atoms with Crippen LogP contribution in [0.15, 0.2) is 18.3 Å². The topological polar surface area (TPSA) is 42.4 Å². The van der Waals surface area contributed by atoms with Crippen molar-refractivity contribution in [3.8, 4) is 5.75 Å². The van der Waals surface area contributed by atoms with Crippen molar-refractivity contribution in [1.82, 2.24) is 4.98 Å². The minimum absolute atomic E-state index is 0.0288. The van der Waals surface area contributed by atoms with Crippen LogP contribution < -0.4 is 4.74 Å². The van der Waals surface area contributed by atoms with Crippen molar-refractivity contribution < 1.29 is 9.84 Å². The van der Waals surface area contributed by atoms with Crippen molar-refractivity contribution in [1.29, 1.82) is 0 Å². The highest BCUT2D eigenvalue weighted by molar-refractivity contribution is 5.23. The number of ether oxygens (including phenoxy) is 1. The highest BCUT2D eigenvalue weighted by Crippen LogP contribution is 2.21. The third kappa shape index (κ3) is 3.00. The van der Waals surface area contributed by atoms with Crippen molar-refractivity contribution in [2.24, 2.45) is 0 Å². The number of hydrogen-bond acceptors (Lipinski definition) is 3. The molecule has 3 nitrogen and oxygen atoms in total. The van der Waals surface area contributed by atoms with Crippen LogP contribution in [-0.4, -0.2) is 23.3 Å². The zero-order valence-electron chi connectivity index (χ0n) is 8.95. The zero-order valence-corrected chi connectivity index (χ0v) is 8.95. The first kappa shape index (κ1) is 11.0. The van der Waals surface area contributed by atoms with Crippen LogP contribution in [0.25, 0.3) is 0 Å². The molecule has 78 valence electrons. The number of hydrogen-bond donors (Lipinski definition) is 1. The lowest BCUT2D eigenvalue weighted by atomic mass is 9.92. The fourth-order valence-corrected chi connectivity index (χ4v) is 1.07. The molecule has 0 saturated heterocycles. The molecule has 0 radical (unpaired) electrons. The minimum atomic E-state index is 0.0288. The van der Waals surface area contributed by atoms with E-state index in [4.69, 9.17) is 9.84 Å². The number of rotatable bonds is 3. The van der Waals surface area contributed by atoms with Crippen LogP contribution in [0.3, 0.4) is 0 Å². The van der Waals surface area contributed by atoms with E-state index in [1.807, 2.05) is 12.1 Å². The van der Waals surface area contributed by atoms with E-state index in [0.29, 0.717) is 12.4 Å². The molecule has 0 aliphatic rings. The van der Waals surface area contributed by atoms with Crippen molar-refractivity contribution >= 4 is 0 Å². The third-order valence-corrected chi connectivity index (χ3v) is 1.86. The van der Waals surface area contributed by atoms with Gasteiger partial charge in [-0.15, -0.1) is 0 Å². The number of pyridine rings is 1. The maximum absolute atomic E-state index is 8.57. The van der Waals surface area contributed by atoms with Gasteiger partial charge in [-0.25, -0.2) is 0 Å². The summed E-state index contributed by atoms with van der Waals surface area (Å²) in [5.41, 5.74) is 1.10. The first-order valence-corrected chi connectivity index (χ1v) is 4.74. The summed E-state index contributed by atoms with van der Waals surface area (Å²) in [5, 5.41) is 8.57. The quantitative estimate of drug-likeness (QED) is 0.799. The lowest BCUT2D eigenvalue weighted by Gasteiger charge is -2.17. The number of aromatic nitrogens is 1. The molecule has 1 heterocycles. The van der Waals surface area contributed by atoms with Gasteiger partial charge in [0.25, 0.3) is 0 Å². The SMILES string of the molecule is CC(C)(C)c1ccc(OCCO)cn1. The summed E-state index contributed by atoms with van der Waals surface area (Å²) in [6, 6.07) is 3.83. The van der Waals surface area contributed by atoms with Gasteiger partial charge >= 0.3 is 0 Å². The van der Waals surface area contributed by atoms with Gasteiger partial charge in [-0.2, -0.15) is 0 Å². The first-order valence-electron chi connectivity index (χ1n) is 4.74. The number of nitrogens with zero attached hydrogens (tertiary/aromatic N) is 1. The van der Waals surface area contributed by atoms with Crippen LogP contribution in [-0.2, 0) is 5.41 Å². The smallest absolute Gasteiger partial charge is 0.137 e. The summed E-state index contributed by atoms with van der Waals surface area (Å²) in [6.07, 6.45) is 1.69. The molecule has 0 spiro atoms. The average molecular weight is 195 g/mol. The van der Waals surface area contributed by atoms with E-state index in [-0.39, 0.29) is 12.0 Å². The maximum Gasteiger partial charge on any atom is 0.137 e. The van der Waals surface area contributed by atoms with Crippen molar-refractivity contribution in [2.45, 2.75) is 26.2 Å². The second kappa shape index (κ2) is 4.42. The number of aliphatic hydroxyl groups is 1. The number of aliphatic hydroxyl groups excluding tert-OH is 1. The molecule has 1 N–H and O–H groups in total. The molecule has 14 heavy (non-hydrogen) atoms. The van der Waals surface area contributed by atoms with Gasteiger partial charge in [0.15, 0.2) is 0 Å². The lowest BCUT2D eigenvalue weighted by Crippen LogP contribution is -2.13. The summed E-state index contributed by atoms with van der Waals surface area (Å²) in [7, 11) is 0.